The summed E-state index contributed by atoms with van der Waals surface area (Å²) in [7, 11) is 3.35. The minimum atomic E-state index is -0.274. The van der Waals surface area contributed by atoms with E-state index in [1.807, 2.05) is 17.2 Å². The molecule has 0 atom stereocenters. The fraction of sp³-hybridized carbons (Fsp3) is 0.500. The number of thiazole rings is 1. The van der Waals surface area contributed by atoms with Crippen LogP contribution in [0.5, 0.6) is 10.9 Å². The molecular formula is C32H40N2O4S. The number of aromatic nitrogens is 1. The summed E-state index contributed by atoms with van der Waals surface area (Å²) < 4.78 is 10.7. The van der Waals surface area contributed by atoms with Crippen LogP contribution in [0.4, 0.5) is 5.69 Å². The lowest BCUT2D eigenvalue weighted by Crippen LogP contribution is -2.41. The fourth-order valence-corrected chi connectivity index (χ4v) is 7.00. The molecule has 7 heteroatoms. The van der Waals surface area contributed by atoms with Gasteiger partial charge in [0.15, 0.2) is 0 Å². The Morgan fingerprint density at radius 2 is 1.77 bits per heavy atom. The standard InChI is InChI=1S/C32H40N2O4S/c1-21-17-25(13-16-29(21)37-2)23-9-7-22(8-10-23)20-34(31(36)24-11-14-28(35)15-12-24)27-6-4-5-26(18-27)30-19-33-32(38-3)39-30/h4-6,13,16-19,22-24,28,35H,7-12,14-15,20H2,1-3H3/t22-,23-,24-,28-. The minimum Gasteiger partial charge on any atom is -0.496 e. The molecule has 3 aromatic rings. The topological polar surface area (TPSA) is 71.9 Å². The number of hydrogen-bond acceptors (Lipinski definition) is 6. The first-order chi connectivity index (χ1) is 18.9. The Hall–Kier alpha value is -2.90. The van der Waals surface area contributed by atoms with Crippen LogP contribution in [-0.4, -0.2) is 42.9 Å². The number of nitrogens with zero attached hydrogens (tertiary/aromatic N) is 2. The first-order valence-electron chi connectivity index (χ1n) is 14.2. The molecule has 0 spiro atoms. The van der Waals surface area contributed by atoms with Gasteiger partial charge in [0.25, 0.3) is 5.19 Å². The summed E-state index contributed by atoms with van der Waals surface area (Å²) >= 11 is 1.51. The summed E-state index contributed by atoms with van der Waals surface area (Å²) in [6.07, 6.45) is 8.96. The number of rotatable bonds is 8. The summed E-state index contributed by atoms with van der Waals surface area (Å²) in [5, 5.41) is 10.7. The number of hydrogen-bond donors (Lipinski definition) is 1. The quantitative estimate of drug-likeness (QED) is 0.328. The molecular weight excluding hydrogens is 508 g/mol. The van der Waals surface area contributed by atoms with Crippen LogP contribution >= 0.6 is 11.3 Å². The van der Waals surface area contributed by atoms with E-state index in [0.717, 1.165) is 66.9 Å². The summed E-state index contributed by atoms with van der Waals surface area (Å²) in [6, 6.07) is 14.9. The van der Waals surface area contributed by atoms with Crippen molar-refractivity contribution in [1.82, 2.24) is 4.98 Å². The van der Waals surface area contributed by atoms with Crippen molar-refractivity contribution < 1.29 is 19.4 Å². The number of amides is 1. The number of carbonyl (C=O) groups excluding carboxylic acids is 1. The van der Waals surface area contributed by atoms with Gasteiger partial charge in [0.1, 0.15) is 5.75 Å². The third-order valence-electron chi connectivity index (χ3n) is 8.59. The second-order valence-electron chi connectivity index (χ2n) is 11.1. The van der Waals surface area contributed by atoms with E-state index in [1.165, 1.54) is 22.5 Å². The SMILES string of the molecule is COc1ncc(-c2cccc(N(C[C@H]3CC[C@H](c4ccc(OC)c(C)c4)CC3)C(=O)[C@H]3CC[C@H](O)CC3)c2)s1. The summed E-state index contributed by atoms with van der Waals surface area (Å²) in [4.78, 5) is 21.4. The fourth-order valence-electron chi connectivity index (χ4n) is 6.27. The molecule has 2 aromatic carbocycles. The van der Waals surface area contributed by atoms with Gasteiger partial charge in [-0.25, -0.2) is 4.98 Å². The van der Waals surface area contributed by atoms with Crippen molar-refractivity contribution in [3.05, 3.63) is 59.8 Å². The molecule has 2 aliphatic rings. The monoisotopic (exact) mass is 548 g/mol. The van der Waals surface area contributed by atoms with Gasteiger partial charge >= 0.3 is 0 Å². The highest BCUT2D eigenvalue weighted by Crippen LogP contribution is 2.39. The maximum absolute atomic E-state index is 14.0. The molecule has 0 unspecified atom stereocenters. The first kappa shape index (κ1) is 27.7. The van der Waals surface area contributed by atoms with E-state index in [9.17, 15) is 9.90 Å². The molecule has 5 rings (SSSR count). The van der Waals surface area contributed by atoms with Gasteiger partial charge in [0.2, 0.25) is 5.91 Å². The van der Waals surface area contributed by atoms with Gasteiger partial charge in [-0.3, -0.25) is 4.79 Å². The number of anilines is 1. The molecule has 0 saturated heterocycles. The van der Waals surface area contributed by atoms with E-state index < -0.39 is 0 Å². The number of carbonyl (C=O) groups is 1. The summed E-state index contributed by atoms with van der Waals surface area (Å²) in [5.41, 5.74) is 4.57. The van der Waals surface area contributed by atoms with E-state index in [-0.39, 0.29) is 17.9 Å². The largest absolute Gasteiger partial charge is 0.496 e. The zero-order chi connectivity index (χ0) is 27.4. The average Bonchev–Trinajstić information content (AvgIpc) is 3.46. The van der Waals surface area contributed by atoms with Gasteiger partial charge in [0, 0.05) is 24.3 Å². The number of aliphatic hydroxyl groups is 1. The van der Waals surface area contributed by atoms with Gasteiger partial charge in [0.05, 0.1) is 25.2 Å². The third-order valence-corrected chi connectivity index (χ3v) is 9.60. The van der Waals surface area contributed by atoms with Crippen molar-refractivity contribution in [2.75, 3.05) is 25.7 Å². The zero-order valence-electron chi connectivity index (χ0n) is 23.3. The minimum absolute atomic E-state index is 0.0285. The molecule has 1 N–H and O–H groups in total. The van der Waals surface area contributed by atoms with Crippen LogP contribution in [0, 0.1) is 18.8 Å². The van der Waals surface area contributed by atoms with Crippen LogP contribution in [0.2, 0.25) is 0 Å². The summed E-state index contributed by atoms with van der Waals surface area (Å²) in [6.45, 7) is 2.85. The molecule has 208 valence electrons. The van der Waals surface area contributed by atoms with Crippen molar-refractivity contribution in [1.29, 1.82) is 0 Å². The van der Waals surface area contributed by atoms with Crippen molar-refractivity contribution >= 4 is 22.9 Å². The van der Waals surface area contributed by atoms with Crippen molar-refractivity contribution in [3.8, 4) is 21.4 Å². The van der Waals surface area contributed by atoms with E-state index in [4.69, 9.17) is 9.47 Å². The Balaban J connectivity index is 1.33. The predicted octanol–water partition coefficient (Wildman–Crippen LogP) is 6.99. The van der Waals surface area contributed by atoms with Crippen LogP contribution < -0.4 is 14.4 Å². The second-order valence-corrected chi connectivity index (χ2v) is 12.1. The van der Waals surface area contributed by atoms with E-state index in [0.29, 0.717) is 29.9 Å². The molecule has 2 saturated carbocycles. The molecule has 6 nitrogen and oxygen atoms in total. The van der Waals surface area contributed by atoms with Gasteiger partial charge in [-0.1, -0.05) is 35.6 Å². The molecule has 0 radical (unpaired) electrons. The molecule has 1 amide bonds. The van der Waals surface area contributed by atoms with Crippen molar-refractivity contribution in [2.45, 2.75) is 70.3 Å². The van der Waals surface area contributed by atoms with Crippen LogP contribution in [0.1, 0.15) is 68.4 Å². The number of aryl methyl sites for hydroxylation is 1. The maximum atomic E-state index is 14.0. The van der Waals surface area contributed by atoms with E-state index in [1.54, 1.807) is 14.2 Å². The Labute approximate surface area is 236 Å². The Kier molecular flexibility index (Phi) is 8.88. The molecule has 0 aliphatic heterocycles. The number of benzene rings is 2. The van der Waals surface area contributed by atoms with Gasteiger partial charge in [-0.15, -0.1) is 0 Å². The van der Waals surface area contributed by atoms with Crippen LogP contribution in [0.25, 0.3) is 10.4 Å². The maximum Gasteiger partial charge on any atom is 0.273 e. The number of methoxy groups -OCH3 is 2. The average molecular weight is 549 g/mol. The zero-order valence-corrected chi connectivity index (χ0v) is 24.1. The highest BCUT2D eigenvalue weighted by molar-refractivity contribution is 7.16. The van der Waals surface area contributed by atoms with E-state index in [2.05, 4.69) is 48.3 Å². The number of ether oxygens (including phenoxy) is 2. The van der Waals surface area contributed by atoms with E-state index >= 15 is 0 Å². The van der Waals surface area contributed by atoms with Crippen molar-refractivity contribution in [3.63, 3.8) is 0 Å². The lowest BCUT2D eigenvalue weighted by Gasteiger charge is -2.36. The molecule has 2 fully saturated rings. The lowest BCUT2D eigenvalue weighted by atomic mass is 9.78. The van der Waals surface area contributed by atoms with Gasteiger partial charge in [-0.2, -0.15) is 0 Å². The molecule has 1 heterocycles. The van der Waals surface area contributed by atoms with Gasteiger partial charge in [-0.05, 0) is 105 Å². The lowest BCUT2D eigenvalue weighted by molar-refractivity contribution is -0.124. The highest BCUT2D eigenvalue weighted by Gasteiger charge is 2.32. The second kappa shape index (κ2) is 12.5. The first-order valence-corrected chi connectivity index (χ1v) is 15.0. The predicted molar refractivity (Wildman–Crippen MR) is 157 cm³/mol. The van der Waals surface area contributed by atoms with Crippen molar-refractivity contribution in [2.24, 2.45) is 11.8 Å². The van der Waals surface area contributed by atoms with Crippen LogP contribution in [0.15, 0.2) is 48.7 Å². The number of aliphatic hydroxyl groups excluding tert-OH is 1. The van der Waals surface area contributed by atoms with Gasteiger partial charge < -0.3 is 19.5 Å². The Bertz CT molecular complexity index is 1260. The molecule has 39 heavy (non-hydrogen) atoms. The third kappa shape index (κ3) is 6.47. The molecule has 2 aliphatic carbocycles. The normalized spacial score (nSPS) is 23.3. The Morgan fingerprint density at radius 1 is 1.00 bits per heavy atom. The highest BCUT2D eigenvalue weighted by atomic mass is 32.1. The molecule has 0 bridgehead atoms. The van der Waals surface area contributed by atoms with Crippen LogP contribution in [0.3, 0.4) is 0 Å². The Morgan fingerprint density at radius 3 is 2.44 bits per heavy atom. The summed E-state index contributed by atoms with van der Waals surface area (Å²) in [5.74, 6) is 2.13. The smallest absolute Gasteiger partial charge is 0.273 e. The van der Waals surface area contributed by atoms with Crippen LogP contribution in [-0.2, 0) is 4.79 Å². The molecule has 1 aromatic heterocycles.